The van der Waals surface area contributed by atoms with Crippen LogP contribution in [0.4, 0.5) is 10.1 Å². The van der Waals surface area contributed by atoms with E-state index in [1.807, 2.05) is 0 Å². The van der Waals surface area contributed by atoms with Crippen molar-refractivity contribution in [2.45, 2.75) is 55.8 Å². The van der Waals surface area contributed by atoms with E-state index >= 15 is 0 Å². The zero-order valence-corrected chi connectivity index (χ0v) is 19.6. The van der Waals surface area contributed by atoms with Gasteiger partial charge < -0.3 is 10.2 Å². The molecule has 0 amide bonds. The van der Waals surface area contributed by atoms with Gasteiger partial charge in [0.2, 0.25) is 0 Å². The number of carboxylic acid groups (broad SMARTS) is 1. The molecule has 3 rings (SSSR count). The van der Waals surface area contributed by atoms with Crippen molar-refractivity contribution in [3.05, 3.63) is 67.5 Å². The van der Waals surface area contributed by atoms with Crippen molar-refractivity contribution < 1.29 is 24.3 Å². The second-order valence-electron chi connectivity index (χ2n) is 9.12. The lowest BCUT2D eigenvalue weighted by molar-refractivity contribution is -0.388. The number of hydrogen-bond acceptors (Lipinski definition) is 5. The molecule has 172 valence electrons. The minimum absolute atomic E-state index is 0.0276. The van der Waals surface area contributed by atoms with Gasteiger partial charge in [0.1, 0.15) is 5.82 Å². The summed E-state index contributed by atoms with van der Waals surface area (Å²) in [5.74, 6) is -1.44. The number of hydrogen-bond donors (Lipinski definition) is 2. The summed E-state index contributed by atoms with van der Waals surface area (Å²) in [7, 11) is 0. The Kier molecular flexibility index (Phi) is 6.88. The third kappa shape index (κ3) is 4.36. The SMILES string of the molecule is CC(C)(C)c1c(C(=O)O)ccc(SCC2(CO)CCCc3c2ccc(Cl)c3F)c1[N+](=O)[O-]. The smallest absolute Gasteiger partial charge is 0.336 e. The maximum absolute atomic E-state index is 14.6. The molecular weight excluding hydrogens is 457 g/mol. The van der Waals surface area contributed by atoms with Gasteiger partial charge in [-0.25, -0.2) is 9.18 Å². The number of fused-ring (bicyclic) bond motifs is 1. The maximum Gasteiger partial charge on any atom is 0.336 e. The van der Waals surface area contributed by atoms with Gasteiger partial charge in [-0.05, 0) is 54.0 Å². The molecular formula is C23H25ClFNO5S. The number of aromatic carboxylic acids is 1. The third-order valence-electron chi connectivity index (χ3n) is 5.96. The number of nitro benzene ring substituents is 1. The number of halogens is 2. The second-order valence-corrected chi connectivity index (χ2v) is 10.5. The van der Waals surface area contributed by atoms with Gasteiger partial charge in [-0.2, -0.15) is 0 Å². The fourth-order valence-electron chi connectivity index (χ4n) is 4.46. The molecule has 1 atom stereocenters. The summed E-state index contributed by atoms with van der Waals surface area (Å²) in [4.78, 5) is 23.5. The van der Waals surface area contributed by atoms with Crippen molar-refractivity contribution in [1.82, 2.24) is 0 Å². The molecule has 0 aliphatic heterocycles. The van der Waals surface area contributed by atoms with Crippen LogP contribution < -0.4 is 0 Å². The Labute approximate surface area is 194 Å². The van der Waals surface area contributed by atoms with Crippen LogP contribution in [0, 0.1) is 15.9 Å². The first-order chi connectivity index (χ1) is 14.9. The summed E-state index contributed by atoms with van der Waals surface area (Å²) in [6.07, 6.45) is 1.76. The lowest BCUT2D eigenvalue weighted by Gasteiger charge is -2.38. The van der Waals surface area contributed by atoms with Gasteiger partial charge >= 0.3 is 5.97 Å². The Morgan fingerprint density at radius 2 is 2.00 bits per heavy atom. The largest absolute Gasteiger partial charge is 0.478 e. The van der Waals surface area contributed by atoms with Gasteiger partial charge in [-0.1, -0.05) is 38.4 Å². The first kappa shape index (κ1) is 24.5. The molecule has 0 aromatic heterocycles. The van der Waals surface area contributed by atoms with Crippen LogP contribution in [-0.4, -0.2) is 33.5 Å². The van der Waals surface area contributed by atoms with E-state index in [4.69, 9.17) is 11.6 Å². The molecule has 0 radical (unpaired) electrons. The van der Waals surface area contributed by atoms with Crippen molar-refractivity contribution in [3.63, 3.8) is 0 Å². The highest BCUT2D eigenvalue weighted by atomic mass is 35.5. The van der Waals surface area contributed by atoms with Crippen LogP contribution >= 0.6 is 23.4 Å². The van der Waals surface area contributed by atoms with Crippen LogP contribution in [0.3, 0.4) is 0 Å². The van der Waals surface area contributed by atoms with Crippen molar-refractivity contribution in [1.29, 1.82) is 0 Å². The lowest BCUT2D eigenvalue weighted by atomic mass is 9.71. The lowest BCUT2D eigenvalue weighted by Crippen LogP contribution is -2.37. The normalized spacial score (nSPS) is 18.3. The summed E-state index contributed by atoms with van der Waals surface area (Å²) < 4.78 is 14.6. The summed E-state index contributed by atoms with van der Waals surface area (Å²) in [6, 6.07) is 6.02. The number of rotatable bonds is 6. The van der Waals surface area contributed by atoms with E-state index in [1.165, 1.54) is 30.0 Å². The molecule has 1 aliphatic carbocycles. The number of nitro groups is 1. The number of aliphatic hydroxyl groups excluding tert-OH is 1. The average molecular weight is 482 g/mol. The highest BCUT2D eigenvalue weighted by Gasteiger charge is 2.39. The van der Waals surface area contributed by atoms with E-state index in [0.717, 1.165) is 0 Å². The average Bonchev–Trinajstić information content (AvgIpc) is 2.73. The molecule has 9 heteroatoms. The monoisotopic (exact) mass is 481 g/mol. The highest BCUT2D eigenvalue weighted by molar-refractivity contribution is 7.99. The minimum atomic E-state index is -1.23. The zero-order valence-electron chi connectivity index (χ0n) is 18.1. The Morgan fingerprint density at radius 3 is 2.56 bits per heavy atom. The quantitative estimate of drug-likeness (QED) is 0.310. The number of thioether (sulfide) groups is 1. The predicted octanol–water partition coefficient (Wildman–Crippen LogP) is 5.74. The van der Waals surface area contributed by atoms with Crippen molar-refractivity contribution in [3.8, 4) is 0 Å². The fraction of sp³-hybridized carbons (Fsp3) is 0.435. The Hall–Kier alpha value is -2.16. The first-order valence-electron chi connectivity index (χ1n) is 10.2. The Morgan fingerprint density at radius 1 is 1.31 bits per heavy atom. The Balaban J connectivity index is 2.08. The highest BCUT2D eigenvalue weighted by Crippen LogP contribution is 2.46. The van der Waals surface area contributed by atoms with Crippen molar-refractivity contribution >= 4 is 35.0 Å². The summed E-state index contributed by atoms with van der Waals surface area (Å²) in [5.41, 5.74) is -0.617. The molecule has 6 nitrogen and oxygen atoms in total. The number of nitrogens with zero attached hydrogens (tertiary/aromatic N) is 1. The van der Waals surface area contributed by atoms with E-state index in [2.05, 4.69) is 0 Å². The molecule has 0 saturated carbocycles. The van der Waals surface area contributed by atoms with Crippen LogP contribution in [0.25, 0.3) is 0 Å². The number of aliphatic hydroxyl groups is 1. The van der Waals surface area contributed by atoms with Gasteiger partial charge in [0.25, 0.3) is 5.69 Å². The van der Waals surface area contributed by atoms with Crippen molar-refractivity contribution in [2.75, 3.05) is 12.4 Å². The van der Waals surface area contributed by atoms with Gasteiger partial charge in [0.15, 0.2) is 0 Å². The molecule has 0 bridgehead atoms. The summed E-state index contributed by atoms with van der Waals surface area (Å²) >= 11 is 7.12. The molecule has 2 N–H and O–H groups in total. The summed E-state index contributed by atoms with van der Waals surface area (Å²) in [6.45, 7) is 4.95. The third-order valence-corrected chi connectivity index (χ3v) is 7.59. The van der Waals surface area contributed by atoms with Crippen LogP contribution in [0.5, 0.6) is 0 Å². The molecule has 0 saturated heterocycles. The Bertz CT molecular complexity index is 1090. The molecule has 0 spiro atoms. The number of carbonyl (C=O) groups is 1. The van der Waals surface area contributed by atoms with Crippen LogP contribution in [-0.2, 0) is 17.3 Å². The van der Waals surface area contributed by atoms with E-state index in [0.29, 0.717) is 35.3 Å². The zero-order chi connectivity index (χ0) is 23.8. The number of benzene rings is 2. The minimum Gasteiger partial charge on any atom is -0.478 e. The van der Waals surface area contributed by atoms with Crippen LogP contribution in [0.2, 0.25) is 5.02 Å². The van der Waals surface area contributed by atoms with Crippen molar-refractivity contribution in [2.24, 2.45) is 0 Å². The van der Waals surface area contributed by atoms with Gasteiger partial charge in [-0.15, -0.1) is 11.8 Å². The van der Waals surface area contributed by atoms with E-state index in [9.17, 15) is 29.5 Å². The van der Waals surface area contributed by atoms with Gasteiger partial charge in [0, 0.05) is 11.2 Å². The maximum atomic E-state index is 14.6. The molecule has 0 heterocycles. The topological polar surface area (TPSA) is 101 Å². The molecule has 1 aliphatic rings. The van der Waals surface area contributed by atoms with E-state index in [-0.39, 0.29) is 34.2 Å². The van der Waals surface area contributed by atoms with E-state index in [1.54, 1.807) is 26.8 Å². The summed E-state index contributed by atoms with van der Waals surface area (Å²) in [5, 5.41) is 32.0. The van der Waals surface area contributed by atoms with Crippen LogP contribution in [0.1, 0.15) is 60.7 Å². The predicted molar refractivity (Wildman–Crippen MR) is 123 cm³/mol. The van der Waals surface area contributed by atoms with E-state index < -0.39 is 27.5 Å². The molecule has 0 fully saturated rings. The van der Waals surface area contributed by atoms with Gasteiger partial charge in [-0.3, -0.25) is 10.1 Å². The standard InChI is InChI=1S/C23H25ClFNO5S/c1-22(2,3)18-14(21(28)29)6-9-17(20(18)26(30)31)32-12-23(11-27)10-4-5-13-15(23)7-8-16(24)19(13)25/h6-9,27H,4-5,10-12H2,1-3H3,(H,28,29). The molecule has 2 aromatic rings. The fourth-order valence-corrected chi connectivity index (χ4v) is 5.93. The number of carboxylic acids is 1. The first-order valence-corrected chi connectivity index (χ1v) is 11.6. The van der Waals surface area contributed by atoms with Gasteiger partial charge in [0.05, 0.1) is 32.6 Å². The molecule has 2 aromatic carbocycles. The molecule has 1 unspecified atom stereocenters. The second kappa shape index (κ2) is 9.00. The van der Waals surface area contributed by atoms with Crippen LogP contribution in [0.15, 0.2) is 29.2 Å². The molecule has 32 heavy (non-hydrogen) atoms.